The van der Waals surface area contributed by atoms with Gasteiger partial charge < -0.3 is 14.6 Å². The van der Waals surface area contributed by atoms with Gasteiger partial charge >= 0.3 is 6.03 Å². The molecule has 0 aliphatic carbocycles. The summed E-state index contributed by atoms with van der Waals surface area (Å²) in [6, 6.07) is 14.3. The number of anilines is 1. The van der Waals surface area contributed by atoms with Gasteiger partial charge in [0.15, 0.2) is 0 Å². The van der Waals surface area contributed by atoms with Crippen LogP contribution in [-0.4, -0.2) is 35.0 Å². The normalized spacial score (nSPS) is 20.5. The van der Waals surface area contributed by atoms with Crippen molar-refractivity contribution in [1.82, 2.24) is 9.88 Å². The summed E-state index contributed by atoms with van der Waals surface area (Å²) in [4.78, 5) is 33.1. The SMILES string of the molecule is COc1ccc(N2C(=O)[C@@H]3Cc4c([nH]c5ccccc45)C(C)(C)N3C2=O)cc1. The molecule has 6 nitrogen and oxygen atoms in total. The van der Waals surface area contributed by atoms with Crippen LogP contribution in [0.1, 0.15) is 25.1 Å². The van der Waals surface area contributed by atoms with Gasteiger partial charge in [-0.15, -0.1) is 0 Å². The van der Waals surface area contributed by atoms with Crippen LogP contribution in [0.2, 0.25) is 0 Å². The molecule has 3 aromatic rings. The Morgan fingerprint density at radius 3 is 2.50 bits per heavy atom. The number of methoxy groups -OCH3 is 1. The van der Waals surface area contributed by atoms with Gasteiger partial charge in [0.1, 0.15) is 11.8 Å². The van der Waals surface area contributed by atoms with E-state index in [2.05, 4.69) is 11.1 Å². The quantitative estimate of drug-likeness (QED) is 0.693. The van der Waals surface area contributed by atoms with Crippen LogP contribution in [0, 0.1) is 0 Å². The van der Waals surface area contributed by atoms with Crippen molar-refractivity contribution in [3.05, 3.63) is 59.8 Å². The lowest BCUT2D eigenvalue weighted by Gasteiger charge is -2.42. The Morgan fingerprint density at radius 1 is 1.07 bits per heavy atom. The number of carbonyl (C=O) groups is 2. The van der Waals surface area contributed by atoms with Gasteiger partial charge in [-0.2, -0.15) is 0 Å². The molecule has 0 saturated carbocycles. The van der Waals surface area contributed by atoms with E-state index in [0.717, 1.165) is 22.2 Å². The highest BCUT2D eigenvalue weighted by Crippen LogP contribution is 2.45. The number of fused-ring (bicyclic) bond motifs is 4. The number of nitrogens with one attached hydrogen (secondary N) is 1. The largest absolute Gasteiger partial charge is 0.497 e. The minimum absolute atomic E-state index is 0.181. The van der Waals surface area contributed by atoms with Gasteiger partial charge in [-0.1, -0.05) is 18.2 Å². The second-order valence-corrected chi connectivity index (χ2v) is 7.83. The van der Waals surface area contributed by atoms with Crippen molar-refractivity contribution in [2.24, 2.45) is 0 Å². The summed E-state index contributed by atoms with van der Waals surface area (Å²) in [6.45, 7) is 3.99. The fourth-order valence-electron chi connectivity index (χ4n) is 4.62. The van der Waals surface area contributed by atoms with E-state index >= 15 is 0 Å². The number of amides is 3. The predicted molar refractivity (Wildman–Crippen MR) is 107 cm³/mol. The molecule has 142 valence electrons. The first-order chi connectivity index (χ1) is 13.4. The van der Waals surface area contributed by atoms with Gasteiger partial charge in [0.25, 0.3) is 5.91 Å². The summed E-state index contributed by atoms with van der Waals surface area (Å²) in [5.41, 5.74) is 3.11. The number of nitrogens with zero attached hydrogens (tertiary/aromatic N) is 2. The average Bonchev–Trinajstić information content (AvgIpc) is 3.19. The number of H-pyrrole nitrogens is 1. The monoisotopic (exact) mass is 375 g/mol. The standard InChI is InChI=1S/C22H21N3O3/c1-22(2)19-16(15-6-4-5-7-17(15)23-19)12-18-20(26)24(21(27)25(18)22)13-8-10-14(28-3)11-9-13/h4-11,18,23H,12H2,1-3H3/t18-/m0/s1. The van der Waals surface area contributed by atoms with Crippen molar-refractivity contribution >= 4 is 28.5 Å². The number of aromatic amines is 1. The molecule has 3 heterocycles. The van der Waals surface area contributed by atoms with E-state index in [-0.39, 0.29) is 11.9 Å². The van der Waals surface area contributed by atoms with E-state index in [0.29, 0.717) is 17.9 Å². The van der Waals surface area contributed by atoms with E-state index < -0.39 is 11.6 Å². The van der Waals surface area contributed by atoms with Crippen molar-refractivity contribution < 1.29 is 14.3 Å². The summed E-state index contributed by atoms with van der Waals surface area (Å²) < 4.78 is 5.18. The molecule has 1 N–H and O–H groups in total. The summed E-state index contributed by atoms with van der Waals surface area (Å²) in [5.74, 6) is 0.501. The third-order valence-electron chi connectivity index (χ3n) is 5.97. The van der Waals surface area contributed by atoms with Gasteiger partial charge in [0.05, 0.1) is 18.3 Å². The number of hydrogen-bond donors (Lipinski definition) is 1. The van der Waals surface area contributed by atoms with Crippen LogP contribution in [0.25, 0.3) is 10.9 Å². The zero-order chi connectivity index (χ0) is 19.6. The predicted octanol–water partition coefficient (Wildman–Crippen LogP) is 3.81. The van der Waals surface area contributed by atoms with Gasteiger partial charge in [-0.25, -0.2) is 9.69 Å². The van der Waals surface area contributed by atoms with E-state index in [1.807, 2.05) is 32.0 Å². The molecule has 0 unspecified atom stereocenters. The van der Waals surface area contributed by atoms with E-state index in [9.17, 15) is 9.59 Å². The van der Waals surface area contributed by atoms with Crippen molar-refractivity contribution in [3.63, 3.8) is 0 Å². The summed E-state index contributed by atoms with van der Waals surface area (Å²) >= 11 is 0. The first kappa shape index (κ1) is 16.9. The van der Waals surface area contributed by atoms with Gasteiger partial charge in [-0.3, -0.25) is 4.79 Å². The smallest absolute Gasteiger partial charge is 0.332 e. The molecule has 0 bridgehead atoms. The Morgan fingerprint density at radius 2 is 1.79 bits per heavy atom. The number of hydrogen-bond acceptors (Lipinski definition) is 3. The molecule has 6 heteroatoms. The summed E-state index contributed by atoms with van der Waals surface area (Å²) in [5, 5.41) is 1.12. The highest BCUT2D eigenvalue weighted by Gasteiger charge is 2.55. The zero-order valence-electron chi connectivity index (χ0n) is 16.0. The number of urea groups is 1. The maximum atomic E-state index is 13.3. The van der Waals surface area contributed by atoms with Gasteiger partial charge in [0.2, 0.25) is 0 Å². The number of rotatable bonds is 2. The van der Waals surface area contributed by atoms with Crippen LogP contribution in [-0.2, 0) is 16.8 Å². The number of ether oxygens (including phenoxy) is 1. The molecule has 1 fully saturated rings. The van der Waals surface area contributed by atoms with Crippen LogP contribution < -0.4 is 9.64 Å². The molecule has 2 aliphatic rings. The van der Waals surface area contributed by atoms with Crippen LogP contribution in [0.4, 0.5) is 10.5 Å². The Hall–Kier alpha value is -3.28. The highest BCUT2D eigenvalue weighted by atomic mass is 16.5. The highest BCUT2D eigenvalue weighted by molar-refractivity contribution is 6.22. The topological polar surface area (TPSA) is 65.6 Å². The van der Waals surface area contributed by atoms with E-state index in [1.165, 1.54) is 4.90 Å². The Kier molecular flexibility index (Phi) is 3.38. The van der Waals surface area contributed by atoms with E-state index in [4.69, 9.17) is 4.74 Å². The van der Waals surface area contributed by atoms with Crippen molar-refractivity contribution in [2.75, 3.05) is 12.0 Å². The van der Waals surface area contributed by atoms with Crippen LogP contribution >= 0.6 is 0 Å². The molecule has 3 amide bonds. The lowest BCUT2D eigenvalue weighted by Crippen LogP contribution is -2.52. The molecule has 2 aliphatic heterocycles. The average molecular weight is 375 g/mol. The third-order valence-corrected chi connectivity index (χ3v) is 5.97. The maximum absolute atomic E-state index is 13.3. The molecule has 28 heavy (non-hydrogen) atoms. The maximum Gasteiger partial charge on any atom is 0.332 e. The number of carbonyl (C=O) groups excluding carboxylic acids is 2. The summed E-state index contributed by atoms with van der Waals surface area (Å²) in [7, 11) is 1.59. The lowest BCUT2D eigenvalue weighted by atomic mass is 9.85. The number of para-hydroxylation sites is 1. The fourth-order valence-corrected chi connectivity index (χ4v) is 4.62. The number of benzene rings is 2. The molecule has 0 radical (unpaired) electrons. The molecule has 1 saturated heterocycles. The Bertz CT molecular complexity index is 1110. The van der Waals surface area contributed by atoms with Crippen LogP contribution in [0.3, 0.4) is 0 Å². The molecular weight excluding hydrogens is 354 g/mol. The van der Waals surface area contributed by atoms with E-state index in [1.54, 1.807) is 36.3 Å². The molecule has 2 aromatic carbocycles. The zero-order valence-corrected chi connectivity index (χ0v) is 16.0. The molecule has 1 aromatic heterocycles. The molecule has 1 atom stereocenters. The lowest BCUT2D eigenvalue weighted by molar-refractivity contribution is -0.121. The second-order valence-electron chi connectivity index (χ2n) is 7.83. The second kappa shape index (κ2) is 5.61. The fraction of sp³-hybridized carbons (Fsp3) is 0.273. The van der Waals surface area contributed by atoms with Crippen molar-refractivity contribution in [2.45, 2.75) is 31.8 Å². The minimum Gasteiger partial charge on any atom is -0.497 e. The number of imide groups is 1. The molecule has 0 spiro atoms. The minimum atomic E-state index is -0.620. The van der Waals surface area contributed by atoms with Crippen LogP contribution in [0.15, 0.2) is 48.5 Å². The van der Waals surface area contributed by atoms with Crippen molar-refractivity contribution in [1.29, 1.82) is 0 Å². The molecule has 5 rings (SSSR count). The first-order valence-electron chi connectivity index (χ1n) is 9.35. The van der Waals surface area contributed by atoms with Crippen molar-refractivity contribution in [3.8, 4) is 5.75 Å². The number of aromatic nitrogens is 1. The Balaban J connectivity index is 1.61. The summed E-state index contributed by atoms with van der Waals surface area (Å²) in [6.07, 6.45) is 0.514. The van der Waals surface area contributed by atoms with Gasteiger partial charge in [0, 0.05) is 23.0 Å². The first-order valence-corrected chi connectivity index (χ1v) is 9.35. The van der Waals surface area contributed by atoms with Crippen LogP contribution in [0.5, 0.6) is 5.75 Å². The van der Waals surface area contributed by atoms with Gasteiger partial charge in [-0.05, 0) is 49.7 Å². The Labute approximate surface area is 162 Å². The molecular formula is C22H21N3O3. The third kappa shape index (κ3) is 2.08.